The van der Waals surface area contributed by atoms with Crippen molar-refractivity contribution in [2.75, 3.05) is 0 Å². The maximum atomic E-state index is 12.2. The number of benzene rings is 1. The molecule has 0 radical (unpaired) electrons. The zero-order valence-corrected chi connectivity index (χ0v) is 10.8. The van der Waals surface area contributed by atoms with Gasteiger partial charge >= 0.3 is 6.61 Å². The summed E-state index contributed by atoms with van der Waals surface area (Å²) in [7, 11) is 0. The van der Waals surface area contributed by atoms with Crippen LogP contribution in [0.5, 0.6) is 5.75 Å². The summed E-state index contributed by atoms with van der Waals surface area (Å²) >= 11 is 0. The standard InChI is InChI=1S/C13H19F2NO2/c1-9(17)13(2,3)16-8-10-6-4-5-7-11(10)18-12(14)15/h4-7,9,12,16-17H,8H2,1-3H3. The fourth-order valence-corrected chi connectivity index (χ4v) is 1.33. The first kappa shape index (κ1) is 14.9. The van der Waals surface area contributed by atoms with Gasteiger partial charge in [-0.2, -0.15) is 8.78 Å². The van der Waals surface area contributed by atoms with E-state index in [4.69, 9.17) is 0 Å². The lowest BCUT2D eigenvalue weighted by atomic mass is 9.98. The van der Waals surface area contributed by atoms with Gasteiger partial charge in [0.2, 0.25) is 0 Å². The van der Waals surface area contributed by atoms with Gasteiger partial charge in [0.1, 0.15) is 5.75 Å². The second kappa shape index (κ2) is 6.11. The number of rotatable bonds is 6. The van der Waals surface area contributed by atoms with Crippen LogP contribution >= 0.6 is 0 Å². The number of ether oxygens (including phenoxy) is 1. The Kier molecular flexibility index (Phi) is 5.04. The summed E-state index contributed by atoms with van der Waals surface area (Å²) < 4.78 is 28.9. The summed E-state index contributed by atoms with van der Waals surface area (Å²) in [5.74, 6) is 0.154. The summed E-state index contributed by atoms with van der Waals surface area (Å²) in [4.78, 5) is 0. The van der Waals surface area contributed by atoms with Crippen molar-refractivity contribution >= 4 is 0 Å². The Morgan fingerprint density at radius 1 is 1.33 bits per heavy atom. The maximum Gasteiger partial charge on any atom is 0.387 e. The number of aliphatic hydroxyl groups excluding tert-OH is 1. The fraction of sp³-hybridized carbons (Fsp3) is 0.538. The summed E-state index contributed by atoms with van der Waals surface area (Å²) in [6.45, 7) is 2.87. The molecule has 0 fully saturated rings. The largest absolute Gasteiger partial charge is 0.434 e. The molecule has 0 amide bonds. The van der Waals surface area contributed by atoms with E-state index >= 15 is 0 Å². The number of alkyl halides is 2. The van der Waals surface area contributed by atoms with E-state index in [1.54, 1.807) is 25.1 Å². The smallest absolute Gasteiger partial charge is 0.387 e. The quantitative estimate of drug-likeness (QED) is 0.825. The lowest BCUT2D eigenvalue weighted by Gasteiger charge is -2.29. The molecular formula is C13H19F2NO2. The molecular weight excluding hydrogens is 240 g/mol. The van der Waals surface area contributed by atoms with Crippen LogP contribution in [-0.2, 0) is 6.54 Å². The van der Waals surface area contributed by atoms with Crippen LogP contribution in [0.3, 0.4) is 0 Å². The third-order valence-electron chi connectivity index (χ3n) is 2.97. The second-order valence-corrected chi connectivity index (χ2v) is 4.74. The minimum Gasteiger partial charge on any atom is -0.434 e. The molecule has 0 aliphatic heterocycles. The maximum absolute atomic E-state index is 12.2. The van der Waals surface area contributed by atoms with Gasteiger partial charge in [0.15, 0.2) is 0 Å². The monoisotopic (exact) mass is 259 g/mol. The van der Waals surface area contributed by atoms with Crippen molar-refractivity contribution in [1.82, 2.24) is 5.32 Å². The number of hydrogen-bond donors (Lipinski definition) is 2. The number of nitrogens with one attached hydrogen (secondary N) is 1. The van der Waals surface area contributed by atoms with Crippen LogP contribution in [0.4, 0.5) is 8.78 Å². The minimum absolute atomic E-state index is 0.154. The highest BCUT2D eigenvalue weighted by Gasteiger charge is 2.23. The number of para-hydroxylation sites is 1. The van der Waals surface area contributed by atoms with Crippen molar-refractivity contribution in [3.05, 3.63) is 29.8 Å². The number of hydrogen-bond acceptors (Lipinski definition) is 3. The van der Waals surface area contributed by atoms with Crippen molar-refractivity contribution in [3.63, 3.8) is 0 Å². The van der Waals surface area contributed by atoms with Gasteiger partial charge in [-0.05, 0) is 26.8 Å². The molecule has 0 aliphatic carbocycles. The van der Waals surface area contributed by atoms with Gasteiger partial charge in [-0.3, -0.25) is 0 Å². The van der Waals surface area contributed by atoms with Crippen LogP contribution in [0, 0.1) is 0 Å². The minimum atomic E-state index is -2.84. The second-order valence-electron chi connectivity index (χ2n) is 4.74. The number of aliphatic hydroxyl groups is 1. The molecule has 1 aromatic rings. The highest BCUT2D eigenvalue weighted by molar-refractivity contribution is 5.33. The molecule has 0 saturated heterocycles. The van der Waals surface area contributed by atoms with E-state index in [9.17, 15) is 13.9 Å². The molecule has 2 N–H and O–H groups in total. The molecule has 3 nitrogen and oxygen atoms in total. The molecule has 0 spiro atoms. The van der Waals surface area contributed by atoms with Crippen LogP contribution in [0.2, 0.25) is 0 Å². The Balaban J connectivity index is 2.73. The fourth-order valence-electron chi connectivity index (χ4n) is 1.33. The number of halogens is 2. The Morgan fingerprint density at radius 3 is 2.50 bits per heavy atom. The molecule has 102 valence electrons. The van der Waals surface area contributed by atoms with E-state index in [0.29, 0.717) is 12.1 Å². The summed E-state index contributed by atoms with van der Waals surface area (Å²) in [6.07, 6.45) is -0.555. The highest BCUT2D eigenvalue weighted by atomic mass is 19.3. The van der Waals surface area contributed by atoms with Crippen LogP contribution < -0.4 is 10.1 Å². The lowest BCUT2D eigenvalue weighted by molar-refractivity contribution is -0.0505. The Hall–Kier alpha value is -1.20. The summed E-state index contributed by atoms with van der Waals surface area (Å²) in [5, 5.41) is 12.7. The van der Waals surface area contributed by atoms with Crippen LogP contribution in [0.1, 0.15) is 26.3 Å². The van der Waals surface area contributed by atoms with E-state index in [1.165, 1.54) is 6.07 Å². The SMILES string of the molecule is CC(O)C(C)(C)NCc1ccccc1OC(F)F. The lowest BCUT2D eigenvalue weighted by Crippen LogP contribution is -2.47. The Labute approximate surface area is 106 Å². The average molecular weight is 259 g/mol. The topological polar surface area (TPSA) is 41.5 Å². The van der Waals surface area contributed by atoms with E-state index in [0.717, 1.165) is 0 Å². The molecule has 1 atom stereocenters. The zero-order chi connectivity index (χ0) is 13.8. The Morgan fingerprint density at radius 2 is 1.94 bits per heavy atom. The van der Waals surface area contributed by atoms with Crippen molar-refractivity contribution in [3.8, 4) is 5.75 Å². The van der Waals surface area contributed by atoms with Crippen LogP contribution in [0.15, 0.2) is 24.3 Å². The van der Waals surface area contributed by atoms with E-state index in [2.05, 4.69) is 10.1 Å². The molecule has 0 bridgehead atoms. The first-order chi connectivity index (χ1) is 8.33. The van der Waals surface area contributed by atoms with Crippen LogP contribution in [-0.4, -0.2) is 23.4 Å². The molecule has 0 aromatic heterocycles. The van der Waals surface area contributed by atoms with Crippen molar-refractivity contribution < 1.29 is 18.6 Å². The first-order valence-corrected chi connectivity index (χ1v) is 5.78. The van der Waals surface area contributed by atoms with Gasteiger partial charge in [-0.15, -0.1) is 0 Å². The molecule has 5 heteroatoms. The Bertz CT molecular complexity index is 381. The molecule has 18 heavy (non-hydrogen) atoms. The van der Waals surface area contributed by atoms with Crippen molar-refractivity contribution in [2.24, 2.45) is 0 Å². The van der Waals surface area contributed by atoms with Gasteiger partial charge in [0.25, 0.3) is 0 Å². The van der Waals surface area contributed by atoms with E-state index in [-0.39, 0.29) is 5.75 Å². The summed E-state index contributed by atoms with van der Waals surface area (Å²) in [5.41, 5.74) is 0.129. The predicted molar refractivity (Wildman–Crippen MR) is 65.7 cm³/mol. The van der Waals surface area contributed by atoms with Gasteiger partial charge in [0, 0.05) is 17.6 Å². The molecule has 0 saturated carbocycles. The molecule has 0 aliphatic rings. The summed E-state index contributed by atoms with van der Waals surface area (Å²) in [6, 6.07) is 6.60. The van der Waals surface area contributed by atoms with E-state index in [1.807, 2.05) is 13.8 Å². The first-order valence-electron chi connectivity index (χ1n) is 5.78. The third kappa shape index (κ3) is 4.23. The van der Waals surface area contributed by atoms with Gasteiger partial charge in [0.05, 0.1) is 6.10 Å². The third-order valence-corrected chi connectivity index (χ3v) is 2.97. The van der Waals surface area contributed by atoms with Gasteiger partial charge < -0.3 is 15.2 Å². The van der Waals surface area contributed by atoms with Crippen molar-refractivity contribution in [2.45, 2.75) is 45.6 Å². The molecule has 1 aromatic carbocycles. The van der Waals surface area contributed by atoms with Gasteiger partial charge in [-0.1, -0.05) is 18.2 Å². The molecule has 0 heterocycles. The van der Waals surface area contributed by atoms with Crippen LogP contribution in [0.25, 0.3) is 0 Å². The zero-order valence-electron chi connectivity index (χ0n) is 10.8. The normalized spacial score (nSPS) is 13.7. The average Bonchev–Trinajstić information content (AvgIpc) is 2.27. The van der Waals surface area contributed by atoms with E-state index < -0.39 is 18.3 Å². The molecule has 1 rings (SSSR count). The predicted octanol–water partition coefficient (Wildman–Crippen LogP) is 2.54. The molecule has 1 unspecified atom stereocenters. The van der Waals surface area contributed by atoms with Gasteiger partial charge in [-0.25, -0.2) is 0 Å². The van der Waals surface area contributed by atoms with Crippen molar-refractivity contribution in [1.29, 1.82) is 0 Å². The highest BCUT2D eigenvalue weighted by Crippen LogP contribution is 2.21.